The minimum Gasteiger partial charge on any atom is -0.497 e. The van der Waals surface area contributed by atoms with Gasteiger partial charge in [0.1, 0.15) is 17.2 Å². The first-order valence-corrected chi connectivity index (χ1v) is 9.55. The number of carbonyl (C=O) groups is 1. The highest BCUT2D eigenvalue weighted by atomic mass is 16.5. The summed E-state index contributed by atoms with van der Waals surface area (Å²) < 4.78 is 10.8. The third-order valence-corrected chi connectivity index (χ3v) is 5.08. The second-order valence-corrected chi connectivity index (χ2v) is 7.10. The van der Waals surface area contributed by atoms with Crippen LogP contribution in [-0.2, 0) is 0 Å². The van der Waals surface area contributed by atoms with Crippen LogP contribution in [0, 0.1) is 6.92 Å². The summed E-state index contributed by atoms with van der Waals surface area (Å²) in [6.45, 7) is 1.96. The normalized spacial score (nSPS) is 13.1. The van der Waals surface area contributed by atoms with E-state index in [0.717, 1.165) is 35.3 Å². The molecule has 1 fully saturated rings. The van der Waals surface area contributed by atoms with Gasteiger partial charge in [-0.05, 0) is 43.5 Å². The van der Waals surface area contributed by atoms with Crippen molar-refractivity contribution in [2.24, 2.45) is 0 Å². The van der Waals surface area contributed by atoms with Gasteiger partial charge in [0.25, 0.3) is 0 Å². The Morgan fingerprint density at radius 3 is 2.59 bits per heavy atom. The van der Waals surface area contributed by atoms with Gasteiger partial charge in [0.2, 0.25) is 0 Å². The number of anilines is 2. The number of urea groups is 1. The van der Waals surface area contributed by atoms with E-state index >= 15 is 0 Å². The average molecular weight is 392 g/mol. The van der Waals surface area contributed by atoms with Crippen molar-refractivity contribution in [3.63, 3.8) is 0 Å². The molecule has 29 heavy (non-hydrogen) atoms. The lowest BCUT2D eigenvalue weighted by Crippen LogP contribution is -2.20. The number of aromatic amines is 1. The van der Waals surface area contributed by atoms with Crippen LogP contribution >= 0.6 is 0 Å². The Hall–Kier alpha value is -3.48. The number of methoxy groups -OCH3 is 2. The van der Waals surface area contributed by atoms with Crippen molar-refractivity contribution in [2.75, 3.05) is 24.9 Å². The molecule has 3 aromatic rings. The summed E-state index contributed by atoms with van der Waals surface area (Å²) in [4.78, 5) is 12.8. The molecule has 1 saturated carbocycles. The molecule has 2 amide bonds. The molecule has 1 aliphatic rings. The minimum absolute atomic E-state index is 0.309. The number of amides is 2. The van der Waals surface area contributed by atoms with E-state index in [9.17, 15) is 4.79 Å². The minimum atomic E-state index is -0.309. The van der Waals surface area contributed by atoms with E-state index in [-0.39, 0.29) is 6.03 Å². The van der Waals surface area contributed by atoms with Crippen molar-refractivity contribution in [3.05, 3.63) is 53.7 Å². The van der Waals surface area contributed by atoms with E-state index in [0.29, 0.717) is 28.8 Å². The van der Waals surface area contributed by atoms with E-state index in [1.165, 1.54) is 0 Å². The molecule has 0 aliphatic heterocycles. The van der Waals surface area contributed by atoms with E-state index in [1.807, 2.05) is 43.3 Å². The standard InChI is InChI=1S/C22H24N4O3/c1-13-6-4-5-7-17(13)23-22(27)24-21-19(14-8-9-14)25-26-20(21)16-11-10-15(28-2)12-18(16)29-3/h4-7,10-12,14H,8-9H2,1-3H3,(H,25,26)(H2,23,24,27). The monoisotopic (exact) mass is 392 g/mol. The molecule has 0 spiro atoms. The Bertz CT molecular complexity index is 1040. The highest BCUT2D eigenvalue weighted by molar-refractivity contribution is 6.03. The molecule has 7 nitrogen and oxygen atoms in total. The largest absolute Gasteiger partial charge is 0.497 e. The van der Waals surface area contributed by atoms with E-state index < -0.39 is 0 Å². The van der Waals surface area contributed by atoms with E-state index in [1.54, 1.807) is 20.3 Å². The summed E-state index contributed by atoms with van der Waals surface area (Å²) in [5, 5.41) is 13.5. The molecular formula is C22H24N4O3. The first kappa shape index (κ1) is 18.9. The van der Waals surface area contributed by atoms with Crippen LogP contribution in [0.5, 0.6) is 11.5 Å². The average Bonchev–Trinajstić information content (AvgIpc) is 3.50. The molecular weight excluding hydrogens is 368 g/mol. The van der Waals surface area contributed by atoms with Crippen molar-refractivity contribution in [1.82, 2.24) is 10.2 Å². The Balaban J connectivity index is 1.67. The van der Waals surface area contributed by atoms with Gasteiger partial charge < -0.3 is 20.1 Å². The SMILES string of the molecule is COc1ccc(-c2n[nH]c(C3CC3)c2NC(=O)Nc2ccccc2C)c(OC)c1. The molecule has 0 radical (unpaired) electrons. The van der Waals surface area contributed by atoms with Gasteiger partial charge in [-0.25, -0.2) is 4.79 Å². The molecule has 2 aromatic carbocycles. The number of rotatable bonds is 6. The molecule has 1 aromatic heterocycles. The lowest BCUT2D eigenvalue weighted by molar-refractivity contribution is 0.262. The van der Waals surface area contributed by atoms with Gasteiger partial charge in [0, 0.05) is 23.2 Å². The molecule has 7 heteroatoms. The van der Waals surface area contributed by atoms with Gasteiger partial charge in [-0.3, -0.25) is 5.10 Å². The summed E-state index contributed by atoms with van der Waals surface area (Å²) in [6, 6.07) is 12.9. The van der Waals surface area contributed by atoms with Gasteiger partial charge >= 0.3 is 6.03 Å². The number of hydrogen-bond donors (Lipinski definition) is 3. The van der Waals surface area contributed by atoms with Crippen LogP contribution < -0.4 is 20.1 Å². The van der Waals surface area contributed by atoms with Crippen LogP contribution in [0.25, 0.3) is 11.3 Å². The fourth-order valence-corrected chi connectivity index (χ4v) is 3.32. The summed E-state index contributed by atoms with van der Waals surface area (Å²) in [7, 11) is 3.21. The highest BCUT2D eigenvalue weighted by Gasteiger charge is 2.31. The number of H-pyrrole nitrogens is 1. The van der Waals surface area contributed by atoms with Crippen LogP contribution in [-0.4, -0.2) is 30.4 Å². The maximum Gasteiger partial charge on any atom is 0.323 e. The predicted octanol–water partition coefficient (Wildman–Crippen LogP) is 4.92. The number of ether oxygens (including phenoxy) is 2. The smallest absolute Gasteiger partial charge is 0.323 e. The Morgan fingerprint density at radius 2 is 1.90 bits per heavy atom. The second-order valence-electron chi connectivity index (χ2n) is 7.10. The highest BCUT2D eigenvalue weighted by Crippen LogP contribution is 2.46. The van der Waals surface area contributed by atoms with Crippen LogP contribution in [0.2, 0.25) is 0 Å². The maximum absolute atomic E-state index is 12.8. The first-order chi connectivity index (χ1) is 14.1. The molecule has 0 bridgehead atoms. The van der Waals surface area contributed by atoms with Gasteiger partial charge in [-0.15, -0.1) is 0 Å². The first-order valence-electron chi connectivity index (χ1n) is 9.55. The van der Waals surface area contributed by atoms with Gasteiger partial charge in [-0.1, -0.05) is 18.2 Å². The quantitative estimate of drug-likeness (QED) is 0.555. The fourth-order valence-electron chi connectivity index (χ4n) is 3.32. The summed E-state index contributed by atoms with van der Waals surface area (Å²) in [5.41, 5.74) is 4.81. The van der Waals surface area contributed by atoms with Crippen LogP contribution in [0.15, 0.2) is 42.5 Å². The van der Waals surface area contributed by atoms with Gasteiger partial charge in [0.05, 0.1) is 25.6 Å². The maximum atomic E-state index is 12.8. The third kappa shape index (κ3) is 3.89. The van der Waals surface area contributed by atoms with Crippen molar-refractivity contribution < 1.29 is 14.3 Å². The Morgan fingerprint density at radius 1 is 1.10 bits per heavy atom. The van der Waals surface area contributed by atoms with Crippen LogP contribution in [0.4, 0.5) is 16.2 Å². The summed E-state index contributed by atoms with van der Waals surface area (Å²) in [5.74, 6) is 1.70. The number of hydrogen-bond acceptors (Lipinski definition) is 4. The summed E-state index contributed by atoms with van der Waals surface area (Å²) >= 11 is 0. The Labute approximate surface area is 169 Å². The molecule has 0 atom stereocenters. The molecule has 150 valence electrons. The topological polar surface area (TPSA) is 88.3 Å². The number of nitrogens with zero attached hydrogens (tertiary/aromatic N) is 1. The zero-order valence-corrected chi connectivity index (χ0v) is 16.7. The zero-order chi connectivity index (χ0) is 20.4. The predicted molar refractivity (Wildman–Crippen MR) is 113 cm³/mol. The van der Waals surface area contributed by atoms with Crippen molar-refractivity contribution in [3.8, 4) is 22.8 Å². The number of carbonyl (C=O) groups excluding carboxylic acids is 1. The van der Waals surface area contributed by atoms with Gasteiger partial charge in [-0.2, -0.15) is 5.10 Å². The molecule has 4 rings (SSSR count). The molecule has 1 heterocycles. The van der Waals surface area contributed by atoms with E-state index in [2.05, 4.69) is 20.8 Å². The lowest BCUT2D eigenvalue weighted by atomic mass is 10.1. The van der Waals surface area contributed by atoms with E-state index in [4.69, 9.17) is 9.47 Å². The molecule has 0 saturated heterocycles. The fraction of sp³-hybridized carbons (Fsp3) is 0.273. The Kier molecular flexibility index (Phi) is 5.12. The van der Waals surface area contributed by atoms with Crippen LogP contribution in [0.3, 0.4) is 0 Å². The van der Waals surface area contributed by atoms with Gasteiger partial charge in [0.15, 0.2) is 0 Å². The second kappa shape index (κ2) is 7.87. The van der Waals surface area contributed by atoms with Crippen molar-refractivity contribution in [1.29, 1.82) is 0 Å². The zero-order valence-electron chi connectivity index (χ0n) is 16.7. The number of benzene rings is 2. The third-order valence-electron chi connectivity index (χ3n) is 5.08. The lowest BCUT2D eigenvalue weighted by Gasteiger charge is -2.13. The number of aryl methyl sites for hydroxylation is 1. The molecule has 0 unspecified atom stereocenters. The van der Waals surface area contributed by atoms with Crippen molar-refractivity contribution >= 4 is 17.4 Å². The summed E-state index contributed by atoms with van der Waals surface area (Å²) in [6.07, 6.45) is 2.16. The van der Waals surface area contributed by atoms with Crippen LogP contribution in [0.1, 0.15) is 30.0 Å². The molecule has 3 N–H and O–H groups in total. The number of nitrogens with one attached hydrogen (secondary N) is 3. The molecule has 1 aliphatic carbocycles. The number of aromatic nitrogens is 2. The van der Waals surface area contributed by atoms with Crippen molar-refractivity contribution in [2.45, 2.75) is 25.7 Å². The number of para-hydroxylation sites is 1.